The van der Waals surface area contributed by atoms with Gasteiger partial charge in [0.05, 0.1) is 0 Å². The van der Waals surface area contributed by atoms with Gasteiger partial charge in [0.15, 0.2) is 0 Å². The number of amides is 3. The van der Waals surface area contributed by atoms with Crippen LogP contribution in [0.4, 0.5) is 0 Å². The Labute approximate surface area is 159 Å². The van der Waals surface area contributed by atoms with Crippen molar-refractivity contribution in [1.82, 2.24) is 15.5 Å². The third-order valence-corrected chi connectivity index (χ3v) is 3.77. The van der Waals surface area contributed by atoms with Crippen molar-refractivity contribution in [2.45, 2.75) is 45.6 Å². The zero-order chi connectivity index (χ0) is 20.8. The molecule has 0 fully saturated rings. The Hall–Kier alpha value is -2.71. The van der Waals surface area contributed by atoms with Gasteiger partial charge in [0, 0.05) is 26.1 Å². The highest BCUT2D eigenvalue weighted by atomic mass is 16.4. The number of allylic oxidation sites excluding steroid dienone is 1. The molecule has 0 saturated heterocycles. The average Bonchev–Trinajstić information content (AvgIpc) is 2.61. The molecule has 1 atom stereocenters. The number of nitrogens with one attached hydrogen (secondary N) is 2. The number of carboxylic acids is 1. The van der Waals surface area contributed by atoms with E-state index >= 15 is 0 Å². The molecule has 1 unspecified atom stereocenters. The Balaban J connectivity index is 4.17. The fourth-order valence-electron chi connectivity index (χ4n) is 2.22. The van der Waals surface area contributed by atoms with Gasteiger partial charge in [-0.3, -0.25) is 24.0 Å². The van der Waals surface area contributed by atoms with Crippen LogP contribution in [-0.2, 0) is 24.0 Å². The fraction of sp³-hybridized carbons (Fsp3) is 0.611. The van der Waals surface area contributed by atoms with E-state index in [0.29, 0.717) is 25.7 Å². The molecule has 0 aromatic heterocycles. The Morgan fingerprint density at radius 1 is 1.11 bits per heavy atom. The molecule has 0 radical (unpaired) electrons. The molecule has 27 heavy (non-hydrogen) atoms. The number of aldehydes is 1. The Kier molecular flexibility index (Phi) is 12.1. The number of unbranched alkanes of at least 4 members (excludes halogenated alkanes) is 2. The minimum Gasteiger partial charge on any atom is -0.480 e. The first-order valence-electron chi connectivity index (χ1n) is 8.84. The van der Waals surface area contributed by atoms with Gasteiger partial charge in [-0.05, 0) is 24.8 Å². The van der Waals surface area contributed by atoms with Gasteiger partial charge >= 0.3 is 5.97 Å². The van der Waals surface area contributed by atoms with Gasteiger partial charge in [0.1, 0.15) is 18.9 Å². The SMILES string of the molecule is CC(C)C(NC(=O)CCCCCN(C)C(=O)/C=C\C=O)C(=O)NCC(=O)O. The summed E-state index contributed by atoms with van der Waals surface area (Å²) in [5, 5.41) is 13.5. The second-order valence-electron chi connectivity index (χ2n) is 6.47. The van der Waals surface area contributed by atoms with Crippen LogP contribution >= 0.6 is 0 Å². The van der Waals surface area contributed by atoms with Gasteiger partial charge in [-0.2, -0.15) is 0 Å². The normalized spacial score (nSPS) is 11.9. The molecule has 0 rings (SSSR count). The van der Waals surface area contributed by atoms with Crippen molar-refractivity contribution in [1.29, 1.82) is 0 Å². The first-order chi connectivity index (χ1) is 12.7. The summed E-state index contributed by atoms with van der Waals surface area (Å²) < 4.78 is 0. The van der Waals surface area contributed by atoms with E-state index in [1.807, 2.05) is 0 Å². The number of likely N-dealkylation sites (N-methyl/N-ethyl adjacent to an activating group) is 1. The van der Waals surface area contributed by atoms with Crippen molar-refractivity contribution >= 4 is 30.0 Å². The third kappa shape index (κ3) is 11.5. The van der Waals surface area contributed by atoms with E-state index in [9.17, 15) is 24.0 Å². The van der Waals surface area contributed by atoms with Crippen LogP contribution < -0.4 is 10.6 Å². The molecule has 0 aliphatic heterocycles. The smallest absolute Gasteiger partial charge is 0.322 e. The van der Waals surface area contributed by atoms with Gasteiger partial charge in [-0.25, -0.2) is 0 Å². The summed E-state index contributed by atoms with van der Waals surface area (Å²) in [5.74, 6) is -2.39. The maximum Gasteiger partial charge on any atom is 0.322 e. The second kappa shape index (κ2) is 13.5. The van der Waals surface area contributed by atoms with Crippen molar-refractivity contribution < 1.29 is 29.1 Å². The summed E-state index contributed by atoms with van der Waals surface area (Å²) in [6, 6.07) is -0.787. The Bertz CT molecular complexity index is 559. The van der Waals surface area contributed by atoms with Gasteiger partial charge < -0.3 is 20.6 Å². The lowest BCUT2D eigenvalue weighted by Gasteiger charge is -2.21. The van der Waals surface area contributed by atoms with Crippen LogP contribution in [0.25, 0.3) is 0 Å². The van der Waals surface area contributed by atoms with Crippen molar-refractivity contribution in [2.24, 2.45) is 5.92 Å². The topological polar surface area (TPSA) is 133 Å². The quantitative estimate of drug-likeness (QED) is 0.235. The molecule has 9 heteroatoms. The van der Waals surface area contributed by atoms with Gasteiger partial charge in [0.25, 0.3) is 0 Å². The zero-order valence-corrected chi connectivity index (χ0v) is 16.1. The monoisotopic (exact) mass is 383 g/mol. The van der Waals surface area contributed by atoms with E-state index in [4.69, 9.17) is 5.11 Å². The Morgan fingerprint density at radius 2 is 1.78 bits per heavy atom. The number of hydrogen-bond donors (Lipinski definition) is 3. The molecule has 0 aromatic carbocycles. The first kappa shape index (κ1) is 24.3. The molecule has 0 aromatic rings. The van der Waals surface area contributed by atoms with Crippen LogP contribution in [0.5, 0.6) is 0 Å². The number of carboxylic acid groups (broad SMARTS) is 1. The molecule has 3 amide bonds. The van der Waals surface area contributed by atoms with Crippen LogP contribution in [-0.4, -0.2) is 66.2 Å². The van der Waals surface area contributed by atoms with Crippen molar-refractivity contribution in [3.63, 3.8) is 0 Å². The lowest BCUT2D eigenvalue weighted by Crippen LogP contribution is -2.50. The van der Waals surface area contributed by atoms with Gasteiger partial charge in [0.2, 0.25) is 17.7 Å². The van der Waals surface area contributed by atoms with E-state index in [1.54, 1.807) is 20.9 Å². The summed E-state index contributed by atoms with van der Waals surface area (Å²) in [5.41, 5.74) is 0. The predicted molar refractivity (Wildman–Crippen MR) is 98.7 cm³/mol. The van der Waals surface area contributed by atoms with E-state index < -0.39 is 24.5 Å². The number of rotatable bonds is 13. The number of hydrogen-bond acceptors (Lipinski definition) is 5. The van der Waals surface area contributed by atoms with Crippen LogP contribution in [0.15, 0.2) is 12.2 Å². The lowest BCUT2D eigenvalue weighted by molar-refractivity contribution is -0.138. The summed E-state index contributed by atoms with van der Waals surface area (Å²) >= 11 is 0. The minimum absolute atomic E-state index is 0.179. The van der Waals surface area contributed by atoms with E-state index in [2.05, 4.69) is 10.6 Å². The number of aliphatic carboxylic acids is 1. The Morgan fingerprint density at radius 3 is 2.33 bits per heavy atom. The van der Waals surface area contributed by atoms with E-state index in [-0.39, 0.29) is 24.2 Å². The zero-order valence-electron chi connectivity index (χ0n) is 16.1. The molecule has 0 heterocycles. The number of carbonyl (C=O) groups is 5. The third-order valence-electron chi connectivity index (χ3n) is 3.77. The van der Waals surface area contributed by atoms with Gasteiger partial charge in [-0.1, -0.05) is 20.3 Å². The number of carbonyl (C=O) groups excluding carboxylic acids is 4. The maximum atomic E-state index is 12.0. The summed E-state index contributed by atoms with van der Waals surface area (Å²) in [6.07, 6.45) is 5.13. The molecule has 0 aliphatic rings. The first-order valence-corrected chi connectivity index (χ1v) is 8.84. The van der Waals surface area contributed by atoms with Crippen molar-refractivity contribution in [3.8, 4) is 0 Å². The van der Waals surface area contributed by atoms with E-state index in [1.165, 1.54) is 11.0 Å². The molecule has 3 N–H and O–H groups in total. The van der Waals surface area contributed by atoms with Crippen LogP contribution in [0.1, 0.15) is 39.5 Å². The second-order valence-corrected chi connectivity index (χ2v) is 6.47. The predicted octanol–water partition coefficient (Wildman–Crippen LogP) is 0.102. The highest BCUT2D eigenvalue weighted by Crippen LogP contribution is 2.05. The highest BCUT2D eigenvalue weighted by molar-refractivity contribution is 5.91. The lowest BCUT2D eigenvalue weighted by atomic mass is 10.0. The molecule has 9 nitrogen and oxygen atoms in total. The molecular weight excluding hydrogens is 354 g/mol. The van der Waals surface area contributed by atoms with Crippen molar-refractivity contribution in [3.05, 3.63) is 12.2 Å². The molecular formula is C18H29N3O6. The minimum atomic E-state index is -1.15. The van der Waals surface area contributed by atoms with E-state index in [0.717, 1.165) is 12.5 Å². The average molecular weight is 383 g/mol. The molecule has 0 bridgehead atoms. The number of nitrogens with zero attached hydrogens (tertiary/aromatic N) is 1. The van der Waals surface area contributed by atoms with Crippen LogP contribution in [0.3, 0.4) is 0 Å². The standard InChI is InChI=1S/C18H29N3O6/c1-13(2)17(18(27)19-12-16(25)26)20-14(23)8-5-4-6-10-21(3)15(24)9-7-11-22/h7,9,11,13,17H,4-6,8,10,12H2,1-3H3,(H,19,27)(H,20,23)(H,25,26)/b9-7-. The summed E-state index contributed by atoms with van der Waals surface area (Å²) in [6.45, 7) is 3.54. The largest absolute Gasteiger partial charge is 0.480 e. The van der Waals surface area contributed by atoms with Crippen molar-refractivity contribution in [2.75, 3.05) is 20.1 Å². The highest BCUT2D eigenvalue weighted by Gasteiger charge is 2.24. The molecule has 0 saturated carbocycles. The summed E-state index contributed by atoms with van der Waals surface area (Å²) in [7, 11) is 1.63. The fourth-order valence-corrected chi connectivity index (χ4v) is 2.22. The molecule has 0 spiro atoms. The van der Waals surface area contributed by atoms with Gasteiger partial charge in [-0.15, -0.1) is 0 Å². The summed E-state index contributed by atoms with van der Waals surface area (Å²) in [4.78, 5) is 57.7. The van der Waals surface area contributed by atoms with Crippen LogP contribution in [0, 0.1) is 5.92 Å². The maximum absolute atomic E-state index is 12.0. The molecule has 152 valence electrons. The molecule has 0 aliphatic carbocycles. The van der Waals surface area contributed by atoms with Crippen LogP contribution in [0.2, 0.25) is 0 Å².